The van der Waals surface area contributed by atoms with Crippen molar-refractivity contribution in [1.82, 2.24) is 0 Å². The minimum absolute atomic E-state index is 0.282. The molecule has 0 spiro atoms. The first kappa shape index (κ1) is 17.0. The number of ether oxygens (including phenoxy) is 1. The molecule has 114 valence electrons. The number of alkyl halides is 5. The highest BCUT2D eigenvalue weighted by atomic mass is 32.1. The summed E-state index contributed by atoms with van der Waals surface area (Å²) < 4.78 is 65.1. The predicted octanol–water partition coefficient (Wildman–Crippen LogP) is 3.61. The van der Waals surface area contributed by atoms with Crippen LogP contribution in [0.1, 0.15) is 0 Å². The molecule has 1 N–H and O–H groups in total. The van der Waals surface area contributed by atoms with Gasteiger partial charge in [-0.15, -0.1) is 0 Å². The van der Waals surface area contributed by atoms with E-state index in [-0.39, 0.29) is 13.2 Å². The van der Waals surface area contributed by atoms with Gasteiger partial charge in [0.15, 0.2) is 0 Å². The maximum absolute atomic E-state index is 12.5. The van der Waals surface area contributed by atoms with Crippen molar-refractivity contribution in [2.24, 2.45) is 0 Å². The van der Waals surface area contributed by atoms with Gasteiger partial charge in [0.2, 0.25) is 0 Å². The number of nitrogens with one attached hydrogen (secondary N) is 1. The first-order chi connectivity index (χ1) is 9.22. The smallest absolute Gasteiger partial charge is 0.384 e. The first-order valence-electron chi connectivity index (χ1n) is 5.71. The maximum atomic E-state index is 12.5. The van der Waals surface area contributed by atoms with E-state index in [1.165, 1.54) is 0 Å². The molecule has 1 atom stereocenters. The third-order valence-corrected chi connectivity index (χ3v) is 2.66. The van der Waals surface area contributed by atoms with E-state index < -0.39 is 24.0 Å². The standard InChI is InChI=1S/C12H14F5NOS/c13-11(14,12(15,16)17)8-19-7-10(20)6-18-9-4-2-1-3-5-9/h1-5,10,18,20H,6-8H2. The molecule has 8 heteroatoms. The fourth-order valence-electron chi connectivity index (χ4n) is 1.26. The van der Waals surface area contributed by atoms with Crippen LogP contribution >= 0.6 is 12.6 Å². The zero-order valence-electron chi connectivity index (χ0n) is 10.3. The Morgan fingerprint density at radius 1 is 1.10 bits per heavy atom. The SMILES string of the molecule is FC(F)(F)C(F)(F)COCC(S)CNc1ccccc1. The molecule has 0 amide bonds. The lowest BCUT2D eigenvalue weighted by molar-refractivity contribution is -0.296. The predicted molar refractivity (Wildman–Crippen MR) is 69.5 cm³/mol. The van der Waals surface area contributed by atoms with E-state index in [1.807, 2.05) is 6.07 Å². The lowest BCUT2D eigenvalue weighted by atomic mass is 10.3. The Kier molecular flexibility index (Phi) is 6.07. The Labute approximate surface area is 118 Å². The minimum atomic E-state index is -5.60. The second-order valence-corrected chi connectivity index (χ2v) is 4.85. The van der Waals surface area contributed by atoms with E-state index >= 15 is 0 Å². The highest BCUT2D eigenvalue weighted by molar-refractivity contribution is 7.81. The molecule has 1 rings (SSSR count). The van der Waals surface area contributed by atoms with E-state index in [4.69, 9.17) is 0 Å². The molecule has 2 nitrogen and oxygen atoms in total. The molecule has 0 bridgehead atoms. The molecule has 0 fully saturated rings. The van der Waals surface area contributed by atoms with E-state index in [0.29, 0.717) is 0 Å². The number of anilines is 1. The molecule has 0 aliphatic carbocycles. The van der Waals surface area contributed by atoms with E-state index in [1.54, 1.807) is 24.3 Å². The summed E-state index contributed by atoms with van der Waals surface area (Å²) in [6, 6.07) is 9.01. The van der Waals surface area contributed by atoms with Gasteiger partial charge in [-0.25, -0.2) is 0 Å². The van der Waals surface area contributed by atoms with Crippen LogP contribution in [0.4, 0.5) is 27.6 Å². The highest BCUT2D eigenvalue weighted by Gasteiger charge is 2.57. The molecule has 0 aliphatic rings. The monoisotopic (exact) mass is 315 g/mol. The van der Waals surface area contributed by atoms with Crippen molar-refractivity contribution >= 4 is 18.3 Å². The average molecular weight is 315 g/mol. The molecule has 0 heterocycles. The summed E-state index contributed by atoms with van der Waals surface area (Å²) in [6.07, 6.45) is -5.60. The molecule has 0 saturated carbocycles. The third-order valence-electron chi connectivity index (χ3n) is 2.32. The zero-order valence-corrected chi connectivity index (χ0v) is 11.2. The molecular weight excluding hydrogens is 301 g/mol. The summed E-state index contributed by atoms with van der Waals surface area (Å²) in [5.74, 6) is -4.84. The molecule has 0 aliphatic heterocycles. The summed E-state index contributed by atoms with van der Waals surface area (Å²) in [7, 11) is 0. The van der Waals surface area contributed by atoms with Crippen molar-refractivity contribution in [2.45, 2.75) is 17.3 Å². The fraction of sp³-hybridized carbons (Fsp3) is 0.500. The third kappa shape index (κ3) is 5.54. The summed E-state index contributed by atoms with van der Waals surface area (Å²) in [6.45, 7) is -1.72. The molecule has 0 saturated heterocycles. The minimum Gasteiger partial charge on any atom is -0.384 e. The Morgan fingerprint density at radius 3 is 2.25 bits per heavy atom. The van der Waals surface area contributed by atoms with Gasteiger partial charge in [0.1, 0.15) is 6.61 Å². The maximum Gasteiger partial charge on any atom is 0.455 e. The number of hydrogen-bond acceptors (Lipinski definition) is 3. The molecule has 0 aromatic heterocycles. The van der Waals surface area contributed by atoms with Gasteiger partial charge in [-0.1, -0.05) is 18.2 Å². The van der Waals surface area contributed by atoms with Crippen LogP contribution in [0.25, 0.3) is 0 Å². The van der Waals surface area contributed by atoms with Crippen LogP contribution in [-0.2, 0) is 4.74 Å². The number of benzene rings is 1. The Hall–Kier alpha value is -1.02. The lowest BCUT2D eigenvalue weighted by Gasteiger charge is -2.20. The van der Waals surface area contributed by atoms with Gasteiger partial charge in [-0.05, 0) is 12.1 Å². The average Bonchev–Trinajstić information content (AvgIpc) is 2.36. The van der Waals surface area contributed by atoms with Crippen LogP contribution in [0, 0.1) is 0 Å². The number of thiol groups is 1. The second kappa shape index (κ2) is 7.12. The highest BCUT2D eigenvalue weighted by Crippen LogP contribution is 2.35. The van der Waals surface area contributed by atoms with Gasteiger partial charge in [-0.2, -0.15) is 34.6 Å². The Balaban J connectivity index is 2.25. The normalized spacial score (nSPS) is 14.1. The van der Waals surface area contributed by atoms with Crippen LogP contribution in [0.2, 0.25) is 0 Å². The Bertz CT molecular complexity index is 399. The van der Waals surface area contributed by atoms with E-state index in [2.05, 4.69) is 22.7 Å². The van der Waals surface area contributed by atoms with Crippen molar-refractivity contribution in [3.63, 3.8) is 0 Å². The summed E-state index contributed by atoms with van der Waals surface area (Å²) in [5.41, 5.74) is 0.798. The van der Waals surface area contributed by atoms with Crippen LogP contribution < -0.4 is 5.32 Å². The quantitative estimate of drug-likeness (QED) is 0.592. The van der Waals surface area contributed by atoms with Crippen molar-refractivity contribution in [3.05, 3.63) is 30.3 Å². The lowest BCUT2D eigenvalue weighted by Crippen LogP contribution is -2.41. The van der Waals surface area contributed by atoms with Gasteiger partial charge in [0.25, 0.3) is 0 Å². The molecule has 1 unspecified atom stereocenters. The van der Waals surface area contributed by atoms with Gasteiger partial charge in [0.05, 0.1) is 6.61 Å². The molecular formula is C12H14F5NOS. The van der Waals surface area contributed by atoms with Crippen LogP contribution in [0.5, 0.6) is 0 Å². The number of para-hydroxylation sites is 1. The number of hydrogen-bond donors (Lipinski definition) is 2. The largest absolute Gasteiger partial charge is 0.455 e. The van der Waals surface area contributed by atoms with Crippen molar-refractivity contribution in [3.8, 4) is 0 Å². The topological polar surface area (TPSA) is 21.3 Å². The van der Waals surface area contributed by atoms with Gasteiger partial charge in [-0.3, -0.25) is 0 Å². The molecule has 1 aromatic carbocycles. The van der Waals surface area contributed by atoms with E-state index in [0.717, 1.165) is 5.69 Å². The second-order valence-electron chi connectivity index (χ2n) is 4.12. The molecule has 0 radical (unpaired) electrons. The van der Waals surface area contributed by atoms with Crippen molar-refractivity contribution < 1.29 is 26.7 Å². The van der Waals surface area contributed by atoms with Crippen LogP contribution in [0.3, 0.4) is 0 Å². The van der Waals surface area contributed by atoms with Gasteiger partial charge >= 0.3 is 12.1 Å². The van der Waals surface area contributed by atoms with Crippen molar-refractivity contribution in [2.75, 3.05) is 25.1 Å². The number of halogens is 5. The summed E-state index contributed by atoms with van der Waals surface area (Å²) >= 11 is 4.05. The summed E-state index contributed by atoms with van der Waals surface area (Å²) in [4.78, 5) is 0. The first-order valence-corrected chi connectivity index (χ1v) is 6.23. The summed E-state index contributed by atoms with van der Waals surface area (Å²) in [5, 5.41) is 2.46. The Morgan fingerprint density at radius 2 is 1.70 bits per heavy atom. The molecule has 20 heavy (non-hydrogen) atoms. The van der Waals surface area contributed by atoms with Gasteiger partial charge in [0, 0.05) is 17.5 Å². The zero-order chi connectivity index (χ0) is 15.2. The van der Waals surface area contributed by atoms with Crippen LogP contribution in [0.15, 0.2) is 30.3 Å². The van der Waals surface area contributed by atoms with Crippen LogP contribution in [-0.4, -0.2) is 37.1 Å². The number of rotatable bonds is 7. The van der Waals surface area contributed by atoms with E-state index in [9.17, 15) is 22.0 Å². The van der Waals surface area contributed by atoms with Crippen molar-refractivity contribution in [1.29, 1.82) is 0 Å². The van der Waals surface area contributed by atoms with Gasteiger partial charge < -0.3 is 10.1 Å². The fourth-order valence-corrected chi connectivity index (χ4v) is 1.45. The molecule has 1 aromatic rings.